The van der Waals surface area contributed by atoms with E-state index < -0.39 is 0 Å². The van der Waals surface area contributed by atoms with Crippen molar-refractivity contribution in [3.63, 3.8) is 0 Å². The Morgan fingerprint density at radius 1 is 1.12 bits per heavy atom. The molecular formula is C24H26N6O2S. The Kier molecular flexibility index (Phi) is 5.59. The zero-order valence-corrected chi connectivity index (χ0v) is 19.5. The van der Waals surface area contributed by atoms with Crippen LogP contribution in [-0.4, -0.2) is 70.5 Å². The summed E-state index contributed by atoms with van der Waals surface area (Å²) in [6, 6.07) is 9.47. The minimum atomic E-state index is -0.0877. The van der Waals surface area contributed by atoms with Crippen LogP contribution in [0.1, 0.15) is 33.4 Å². The minimum absolute atomic E-state index is 0.0107. The summed E-state index contributed by atoms with van der Waals surface area (Å²) in [4.78, 5) is 19.0. The zero-order chi connectivity index (χ0) is 23.1. The Morgan fingerprint density at radius 3 is 2.67 bits per heavy atom. The molecule has 1 aromatic carbocycles. The molecule has 3 aromatic rings. The number of carbonyl (C=O) groups excluding carboxylic acids is 1. The molecule has 0 unspecified atom stereocenters. The van der Waals surface area contributed by atoms with Gasteiger partial charge in [0.25, 0.3) is 5.91 Å². The normalized spacial score (nSPS) is 15.6. The zero-order valence-electron chi connectivity index (χ0n) is 18.7. The molecule has 170 valence electrons. The fraction of sp³-hybridized carbons (Fsp3) is 0.333. The van der Waals surface area contributed by atoms with Crippen molar-refractivity contribution in [2.24, 2.45) is 0 Å². The molecule has 33 heavy (non-hydrogen) atoms. The van der Waals surface area contributed by atoms with Gasteiger partial charge < -0.3 is 14.5 Å². The first-order valence-electron chi connectivity index (χ1n) is 11.0. The standard InChI is InChI=1S/C24H26N6O2S/c1-15(25)32-23(26)16-4-3-5-17(14-16)30-22-18-8-13-33-20(18)7-6-19(22)21(27-30)24(31)29-11-9-28(2)10-12-29/h3-5,8,13-14,25-26H,6-7,9-12H2,1-2H3. The van der Waals surface area contributed by atoms with Crippen molar-refractivity contribution in [2.75, 3.05) is 33.2 Å². The first kappa shape index (κ1) is 21.5. The van der Waals surface area contributed by atoms with Crippen LogP contribution in [0.3, 0.4) is 0 Å². The maximum atomic E-state index is 13.5. The molecule has 1 amide bonds. The number of hydrogen-bond acceptors (Lipinski definition) is 7. The predicted octanol–water partition coefficient (Wildman–Crippen LogP) is 3.43. The molecule has 0 bridgehead atoms. The summed E-state index contributed by atoms with van der Waals surface area (Å²) in [6.07, 6.45) is 1.69. The number of nitrogens with one attached hydrogen (secondary N) is 2. The van der Waals surface area contributed by atoms with Gasteiger partial charge in [-0.2, -0.15) is 5.10 Å². The van der Waals surface area contributed by atoms with Gasteiger partial charge in [-0.1, -0.05) is 6.07 Å². The number of nitrogens with zero attached hydrogens (tertiary/aromatic N) is 4. The van der Waals surface area contributed by atoms with Crippen LogP contribution in [0.4, 0.5) is 0 Å². The second kappa shape index (κ2) is 8.57. The molecule has 9 heteroatoms. The Labute approximate surface area is 196 Å². The van der Waals surface area contributed by atoms with E-state index in [-0.39, 0.29) is 17.7 Å². The molecule has 0 radical (unpaired) electrons. The van der Waals surface area contributed by atoms with Crippen molar-refractivity contribution in [2.45, 2.75) is 19.8 Å². The van der Waals surface area contributed by atoms with Gasteiger partial charge in [0, 0.05) is 54.7 Å². The number of aromatic nitrogens is 2. The maximum Gasteiger partial charge on any atom is 0.274 e. The summed E-state index contributed by atoms with van der Waals surface area (Å²) in [7, 11) is 2.07. The van der Waals surface area contributed by atoms with E-state index in [0.717, 1.165) is 48.4 Å². The van der Waals surface area contributed by atoms with Crippen molar-refractivity contribution in [1.29, 1.82) is 10.8 Å². The number of aryl methyl sites for hydroxylation is 1. The van der Waals surface area contributed by atoms with E-state index in [9.17, 15) is 4.79 Å². The average Bonchev–Trinajstić information content (AvgIpc) is 3.43. The van der Waals surface area contributed by atoms with Crippen LogP contribution in [-0.2, 0) is 17.6 Å². The SMILES string of the molecule is CC(=N)OC(=N)c1cccc(-n2nc(C(=O)N3CCN(C)CC3)c3c2-c2ccsc2CC3)c1. The van der Waals surface area contributed by atoms with Gasteiger partial charge in [-0.05, 0) is 49.5 Å². The fourth-order valence-electron chi connectivity index (χ4n) is 4.46. The number of amides is 1. The lowest BCUT2D eigenvalue weighted by molar-refractivity contribution is 0.0656. The van der Waals surface area contributed by atoms with Gasteiger partial charge in [-0.15, -0.1) is 11.3 Å². The molecule has 3 heterocycles. The lowest BCUT2D eigenvalue weighted by atomic mass is 9.94. The highest BCUT2D eigenvalue weighted by Crippen LogP contribution is 2.39. The second-order valence-electron chi connectivity index (χ2n) is 8.48. The highest BCUT2D eigenvalue weighted by atomic mass is 32.1. The average molecular weight is 463 g/mol. The van der Waals surface area contributed by atoms with E-state index in [1.807, 2.05) is 27.8 Å². The summed E-state index contributed by atoms with van der Waals surface area (Å²) in [5.74, 6) is -0.136. The van der Waals surface area contributed by atoms with E-state index in [1.165, 1.54) is 11.8 Å². The van der Waals surface area contributed by atoms with Crippen molar-refractivity contribution in [3.05, 3.63) is 57.4 Å². The second-order valence-corrected chi connectivity index (χ2v) is 9.48. The van der Waals surface area contributed by atoms with Crippen LogP contribution in [0, 0.1) is 10.8 Å². The van der Waals surface area contributed by atoms with Crippen molar-refractivity contribution in [1.82, 2.24) is 19.6 Å². The number of carbonyl (C=O) groups is 1. The molecule has 2 aliphatic rings. The third kappa shape index (κ3) is 3.98. The number of rotatable bonds is 3. The molecule has 2 N–H and O–H groups in total. The molecule has 1 aliphatic heterocycles. The number of fused-ring (bicyclic) bond motifs is 3. The van der Waals surface area contributed by atoms with Gasteiger partial charge in [-0.25, -0.2) is 4.68 Å². The minimum Gasteiger partial charge on any atom is -0.426 e. The molecule has 0 spiro atoms. The van der Waals surface area contributed by atoms with E-state index in [4.69, 9.17) is 20.7 Å². The third-order valence-electron chi connectivity index (χ3n) is 6.19. The number of hydrogen-bond donors (Lipinski definition) is 2. The Morgan fingerprint density at radius 2 is 1.91 bits per heavy atom. The van der Waals surface area contributed by atoms with Gasteiger partial charge in [0.2, 0.25) is 5.90 Å². The van der Waals surface area contributed by atoms with Crippen LogP contribution < -0.4 is 0 Å². The van der Waals surface area contributed by atoms with Gasteiger partial charge in [0.05, 0.1) is 11.4 Å². The van der Waals surface area contributed by atoms with E-state index in [2.05, 4.69) is 23.4 Å². The van der Waals surface area contributed by atoms with Crippen molar-refractivity contribution >= 4 is 29.0 Å². The number of ether oxygens (including phenoxy) is 1. The van der Waals surface area contributed by atoms with Crippen molar-refractivity contribution < 1.29 is 9.53 Å². The number of piperazine rings is 1. The molecule has 1 saturated heterocycles. The summed E-state index contributed by atoms with van der Waals surface area (Å²) >= 11 is 1.73. The summed E-state index contributed by atoms with van der Waals surface area (Å²) < 4.78 is 7.03. The lowest BCUT2D eigenvalue weighted by Crippen LogP contribution is -2.47. The van der Waals surface area contributed by atoms with Gasteiger partial charge >= 0.3 is 0 Å². The molecule has 5 rings (SSSR count). The Balaban J connectivity index is 1.60. The maximum absolute atomic E-state index is 13.5. The number of thiophene rings is 1. The quantitative estimate of drug-likeness (QED) is 0.460. The summed E-state index contributed by atoms with van der Waals surface area (Å²) in [6.45, 7) is 4.62. The molecule has 8 nitrogen and oxygen atoms in total. The van der Waals surface area contributed by atoms with Crippen LogP contribution >= 0.6 is 11.3 Å². The van der Waals surface area contributed by atoms with E-state index in [0.29, 0.717) is 24.3 Å². The highest BCUT2D eigenvalue weighted by molar-refractivity contribution is 7.10. The first-order chi connectivity index (χ1) is 15.9. The first-order valence-corrected chi connectivity index (χ1v) is 11.9. The predicted molar refractivity (Wildman–Crippen MR) is 129 cm³/mol. The summed E-state index contributed by atoms with van der Waals surface area (Å²) in [5.41, 5.74) is 4.92. The monoisotopic (exact) mass is 462 g/mol. The Hall–Kier alpha value is -3.30. The molecule has 0 saturated carbocycles. The van der Waals surface area contributed by atoms with Crippen LogP contribution in [0.25, 0.3) is 16.9 Å². The molecule has 1 fully saturated rings. The highest BCUT2D eigenvalue weighted by Gasteiger charge is 2.32. The Bertz CT molecular complexity index is 1250. The topological polar surface area (TPSA) is 98.3 Å². The lowest BCUT2D eigenvalue weighted by Gasteiger charge is -2.32. The number of benzene rings is 1. The smallest absolute Gasteiger partial charge is 0.274 e. The van der Waals surface area contributed by atoms with Gasteiger partial charge in [0.1, 0.15) is 0 Å². The van der Waals surface area contributed by atoms with E-state index >= 15 is 0 Å². The van der Waals surface area contributed by atoms with Crippen molar-refractivity contribution in [3.8, 4) is 16.9 Å². The third-order valence-corrected chi connectivity index (χ3v) is 7.17. The van der Waals surface area contributed by atoms with Gasteiger partial charge in [0.15, 0.2) is 11.6 Å². The van der Waals surface area contributed by atoms with Crippen LogP contribution in [0.5, 0.6) is 0 Å². The van der Waals surface area contributed by atoms with Crippen LogP contribution in [0.15, 0.2) is 35.7 Å². The van der Waals surface area contributed by atoms with E-state index in [1.54, 1.807) is 17.4 Å². The number of likely N-dealkylation sites (N-methyl/N-ethyl adjacent to an activating group) is 1. The molecule has 0 atom stereocenters. The van der Waals surface area contributed by atoms with Crippen LogP contribution in [0.2, 0.25) is 0 Å². The molecular weight excluding hydrogens is 436 g/mol. The molecule has 1 aliphatic carbocycles. The van der Waals surface area contributed by atoms with Gasteiger partial charge in [-0.3, -0.25) is 15.6 Å². The fourth-order valence-corrected chi connectivity index (χ4v) is 5.34. The molecule has 2 aromatic heterocycles. The summed E-state index contributed by atoms with van der Waals surface area (Å²) in [5, 5.41) is 22.6. The largest absolute Gasteiger partial charge is 0.426 e.